The van der Waals surface area contributed by atoms with Gasteiger partial charge in [0.15, 0.2) is 0 Å². The minimum absolute atomic E-state index is 0.207. The van der Waals surface area contributed by atoms with Crippen LogP contribution in [0.1, 0.15) is 30.3 Å². The molecule has 6 heteroatoms. The summed E-state index contributed by atoms with van der Waals surface area (Å²) in [5, 5.41) is 8.53. The van der Waals surface area contributed by atoms with Crippen LogP contribution >= 0.6 is 0 Å². The maximum atomic E-state index is 11.5. The van der Waals surface area contributed by atoms with Gasteiger partial charge in [0.05, 0.1) is 0 Å². The molecule has 1 aromatic rings. The lowest BCUT2D eigenvalue weighted by Crippen LogP contribution is -2.27. The average molecular weight is 239 g/mol. The fourth-order valence-corrected chi connectivity index (χ4v) is 1.18. The van der Waals surface area contributed by atoms with E-state index in [4.69, 9.17) is 4.74 Å². The zero-order valence-electron chi connectivity index (χ0n) is 9.86. The van der Waals surface area contributed by atoms with Crippen molar-refractivity contribution in [1.82, 2.24) is 15.5 Å². The number of nitrogens with zero attached hydrogens (tertiary/aromatic N) is 1. The maximum Gasteiger partial charge on any atom is 0.271 e. The highest BCUT2D eigenvalue weighted by Gasteiger charge is 2.05. The molecule has 0 saturated carbocycles. The number of aromatic nitrogens is 2. The highest BCUT2D eigenvalue weighted by molar-refractivity contribution is 5.91. The van der Waals surface area contributed by atoms with Gasteiger partial charge in [0, 0.05) is 25.8 Å². The van der Waals surface area contributed by atoms with Crippen LogP contribution < -0.4 is 10.9 Å². The zero-order chi connectivity index (χ0) is 12.5. The van der Waals surface area contributed by atoms with Crippen molar-refractivity contribution in [2.24, 2.45) is 0 Å². The molecule has 0 aliphatic rings. The van der Waals surface area contributed by atoms with Crippen LogP contribution in [0.3, 0.4) is 0 Å². The number of amides is 1. The molecule has 0 aromatic carbocycles. The summed E-state index contributed by atoms with van der Waals surface area (Å²) in [6.45, 7) is 3.95. The van der Waals surface area contributed by atoms with E-state index >= 15 is 0 Å². The van der Waals surface area contributed by atoms with Gasteiger partial charge in [-0.25, -0.2) is 5.10 Å². The van der Waals surface area contributed by atoms with E-state index in [0.29, 0.717) is 13.2 Å². The fraction of sp³-hybridized carbons (Fsp3) is 0.545. The van der Waals surface area contributed by atoms with Crippen LogP contribution in [0.15, 0.2) is 16.9 Å². The summed E-state index contributed by atoms with van der Waals surface area (Å²) in [6.07, 6.45) is 1.75. The minimum atomic E-state index is -0.325. The Labute approximate surface area is 99.4 Å². The minimum Gasteiger partial charge on any atom is -0.381 e. The van der Waals surface area contributed by atoms with Gasteiger partial charge in [0.2, 0.25) is 0 Å². The zero-order valence-corrected chi connectivity index (χ0v) is 9.86. The third-order valence-electron chi connectivity index (χ3n) is 2.01. The first-order chi connectivity index (χ1) is 8.24. The van der Waals surface area contributed by atoms with Crippen LogP contribution in [-0.4, -0.2) is 35.9 Å². The van der Waals surface area contributed by atoms with Gasteiger partial charge in [-0.1, -0.05) is 6.92 Å². The smallest absolute Gasteiger partial charge is 0.271 e. The number of carbonyl (C=O) groups excluding carboxylic acids is 1. The predicted molar refractivity (Wildman–Crippen MR) is 62.9 cm³/mol. The summed E-state index contributed by atoms with van der Waals surface area (Å²) in [7, 11) is 0. The second kappa shape index (κ2) is 7.56. The van der Waals surface area contributed by atoms with E-state index in [1.54, 1.807) is 0 Å². The second-order valence-corrected chi connectivity index (χ2v) is 3.53. The topological polar surface area (TPSA) is 84.1 Å². The van der Waals surface area contributed by atoms with Crippen LogP contribution in [-0.2, 0) is 4.74 Å². The lowest BCUT2D eigenvalue weighted by Gasteiger charge is -2.04. The largest absolute Gasteiger partial charge is 0.381 e. The lowest BCUT2D eigenvalue weighted by molar-refractivity contribution is 0.0935. The van der Waals surface area contributed by atoms with E-state index in [0.717, 1.165) is 19.4 Å². The third-order valence-corrected chi connectivity index (χ3v) is 2.01. The summed E-state index contributed by atoms with van der Waals surface area (Å²) in [6, 6.07) is 2.66. The van der Waals surface area contributed by atoms with E-state index in [-0.39, 0.29) is 17.2 Å². The molecule has 2 N–H and O–H groups in total. The molecule has 0 unspecified atom stereocenters. The fourth-order valence-electron chi connectivity index (χ4n) is 1.18. The first-order valence-electron chi connectivity index (χ1n) is 5.65. The van der Waals surface area contributed by atoms with E-state index in [1.807, 2.05) is 6.92 Å². The van der Waals surface area contributed by atoms with Crippen molar-refractivity contribution in [2.75, 3.05) is 19.8 Å². The van der Waals surface area contributed by atoms with Gasteiger partial charge in [-0.15, -0.1) is 0 Å². The molecule has 0 aliphatic carbocycles. The van der Waals surface area contributed by atoms with E-state index < -0.39 is 0 Å². The average Bonchev–Trinajstić information content (AvgIpc) is 2.34. The van der Waals surface area contributed by atoms with Crippen LogP contribution in [0.5, 0.6) is 0 Å². The SMILES string of the molecule is CCCOCCCNC(=O)c1ccc(=O)[nH]n1. The molecular weight excluding hydrogens is 222 g/mol. The normalized spacial score (nSPS) is 10.2. The third kappa shape index (κ3) is 5.26. The van der Waals surface area contributed by atoms with Crippen molar-refractivity contribution in [3.05, 3.63) is 28.2 Å². The van der Waals surface area contributed by atoms with Gasteiger partial charge in [-0.2, -0.15) is 5.10 Å². The number of H-pyrrole nitrogens is 1. The molecule has 0 aliphatic heterocycles. The summed E-state index contributed by atoms with van der Waals surface area (Å²) in [4.78, 5) is 22.2. The molecule has 0 atom stereocenters. The molecule has 1 amide bonds. The van der Waals surface area contributed by atoms with Crippen molar-refractivity contribution in [2.45, 2.75) is 19.8 Å². The molecule has 17 heavy (non-hydrogen) atoms. The molecule has 0 spiro atoms. The van der Waals surface area contributed by atoms with Gasteiger partial charge in [0.1, 0.15) is 5.69 Å². The van der Waals surface area contributed by atoms with E-state index in [9.17, 15) is 9.59 Å². The van der Waals surface area contributed by atoms with Crippen LogP contribution in [0.2, 0.25) is 0 Å². The molecule has 0 bridgehead atoms. The monoisotopic (exact) mass is 239 g/mol. The highest BCUT2D eigenvalue weighted by Crippen LogP contribution is 1.89. The number of nitrogens with one attached hydrogen (secondary N) is 2. The Kier molecular flexibility index (Phi) is 5.95. The Balaban J connectivity index is 2.21. The Morgan fingerprint density at radius 1 is 1.47 bits per heavy atom. The van der Waals surface area contributed by atoms with Crippen molar-refractivity contribution in [1.29, 1.82) is 0 Å². The molecule has 0 radical (unpaired) electrons. The summed E-state index contributed by atoms with van der Waals surface area (Å²) < 4.78 is 5.27. The Morgan fingerprint density at radius 2 is 2.29 bits per heavy atom. The standard InChI is InChI=1S/C11H17N3O3/c1-2-7-17-8-3-6-12-11(16)9-4-5-10(15)14-13-9/h4-5H,2-3,6-8H2,1H3,(H,12,16)(H,14,15). The number of aromatic amines is 1. The van der Waals surface area contributed by atoms with Gasteiger partial charge in [0.25, 0.3) is 11.5 Å². The van der Waals surface area contributed by atoms with E-state index in [1.165, 1.54) is 12.1 Å². The first kappa shape index (κ1) is 13.4. The van der Waals surface area contributed by atoms with Crippen LogP contribution in [0.25, 0.3) is 0 Å². The molecule has 1 heterocycles. The van der Waals surface area contributed by atoms with Crippen LogP contribution in [0, 0.1) is 0 Å². The number of carbonyl (C=O) groups is 1. The van der Waals surface area contributed by atoms with Gasteiger partial charge in [-0.05, 0) is 18.9 Å². The number of ether oxygens (including phenoxy) is 1. The van der Waals surface area contributed by atoms with Crippen LogP contribution in [0.4, 0.5) is 0 Å². The Morgan fingerprint density at radius 3 is 2.94 bits per heavy atom. The number of hydrogen-bond donors (Lipinski definition) is 2. The molecule has 6 nitrogen and oxygen atoms in total. The number of hydrogen-bond acceptors (Lipinski definition) is 4. The highest BCUT2D eigenvalue weighted by atomic mass is 16.5. The molecule has 1 rings (SSSR count). The van der Waals surface area contributed by atoms with Crippen molar-refractivity contribution < 1.29 is 9.53 Å². The lowest BCUT2D eigenvalue weighted by atomic mass is 10.3. The Hall–Kier alpha value is -1.69. The molecule has 0 saturated heterocycles. The van der Waals surface area contributed by atoms with Crippen molar-refractivity contribution in [3.63, 3.8) is 0 Å². The van der Waals surface area contributed by atoms with E-state index in [2.05, 4.69) is 15.5 Å². The molecule has 94 valence electrons. The maximum absolute atomic E-state index is 11.5. The summed E-state index contributed by atoms with van der Waals surface area (Å²) >= 11 is 0. The predicted octanol–water partition coefficient (Wildman–Crippen LogP) is 0.316. The summed E-state index contributed by atoms with van der Waals surface area (Å²) in [5.41, 5.74) is -0.117. The molecule has 1 aromatic heterocycles. The first-order valence-corrected chi connectivity index (χ1v) is 5.65. The van der Waals surface area contributed by atoms with Crippen molar-refractivity contribution in [3.8, 4) is 0 Å². The second-order valence-electron chi connectivity index (χ2n) is 3.53. The van der Waals surface area contributed by atoms with Gasteiger partial charge >= 0.3 is 0 Å². The Bertz CT molecular complexity index is 383. The summed E-state index contributed by atoms with van der Waals surface area (Å²) in [5.74, 6) is -0.295. The quantitative estimate of drug-likeness (QED) is 0.671. The van der Waals surface area contributed by atoms with Crippen molar-refractivity contribution >= 4 is 5.91 Å². The molecule has 0 fully saturated rings. The molecular formula is C11H17N3O3. The number of rotatable bonds is 7. The van der Waals surface area contributed by atoms with Gasteiger partial charge < -0.3 is 10.1 Å². The van der Waals surface area contributed by atoms with Gasteiger partial charge in [-0.3, -0.25) is 9.59 Å².